The number of hydrogen-bond acceptors (Lipinski definition) is 5. The Hall–Kier alpha value is -2.44. The Morgan fingerprint density at radius 1 is 1.03 bits per heavy atom. The van der Waals surface area contributed by atoms with E-state index < -0.39 is 0 Å². The maximum absolute atomic E-state index is 12.8. The van der Waals surface area contributed by atoms with E-state index >= 15 is 0 Å². The van der Waals surface area contributed by atoms with Crippen molar-refractivity contribution in [2.24, 2.45) is 11.3 Å². The number of piperidine rings is 1. The normalized spacial score (nSPS) is 22.7. The highest BCUT2D eigenvalue weighted by Crippen LogP contribution is 2.41. The summed E-state index contributed by atoms with van der Waals surface area (Å²) < 4.78 is 6.03. The molecule has 0 radical (unpaired) electrons. The van der Waals surface area contributed by atoms with Gasteiger partial charge >= 0.3 is 0 Å². The number of carbonyl (C=O) groups is 1. The van der Waals surface area contributed by atoms with Crippen LogP contribution in [0.3, 0.4) is 0 Å². The maximum atomic E-state index is 12.8. The average molecular weight is 478 g/mol. The first-order valence-electron chi connectivity index (χ1n) is 13.4. The molecule has 1 aromatic heterocycles. The lowest BCUT2D eigenvalue weighted by atomic mass is 9.70. The molecule has 1 N–H and O–H groups in total. The van der Waals surface area contributed by atoms with Crippen LogP contribution >= 0.6 is 0 Å². The second kappa shape index (κ2) is 10.7. The largest absolute Gasteiger partial charge is 0.477 e. The molecule has 2 aliphatic heterocycles. The third-order valence-electron chi connectivity index (χ3n) is 8.39. The number of nitrogens with zero attached hydrogens (tertiary/aromatic N) is 3. The highest BCUT2D eigenvalue weighted by atomic mass is 16.5. The predicted octanol–water partition coefficient (Wildman–Crippen LogP) is 4.63. The van der Waals surface area contributed by atoms with E-state index in [0.29, 0.717) is 22.8 Å². The van der Waals surface area contributed by atoms with Crippen molar-refractivity contribution in [1.82, 2.24) is 14.8 Å². The molecule has 1 amide bonds. The predicted molar refractivity (Wildman–Crippen MR) is 137 cm³/mol. The molecule has 6 nitrogen and oxygen atoms in total. The molecule has 1 aromatic carbocycles. The van der Waals surface area contributed by atoms with E-state index in [0.717, 1.165) is 37.1 Å². The molecule has 2 aromatic rings. The molecule has 188 valence electrons. The Morgan fingerprint density at radius 3 is 2.40 bits per heavy atom. The van der Waals surface area contributed by atoms with Crippen molar-refractivity contribution in [1.29, 1.82) is 0 Å². The van der Waals surface area contributed by atoms with Gasteiger partial charge in [-0.15, -0.1) is 0 Å². The van der Waals surface area contributed by atoms with Crippen molar-refractivity contribution >= 4 is 5.91 Å². The summed E-state index contributed by atoms with van der Waals surface area (Å²) in [5, 5.41) is 9.50. The summed E-state index contributed by atoms with van der Waals surface area (Å²) in [4.78, 5) is 21.8. The van der Waals surface area contributed by atoms with Gasteiger partial charge in [0.2, 0.25) is 5.88 Å². The first-order valence-corrected chi connectivity index (χ1v) is 13.4. The van der Waals surface area contributed by atoms with Gasteiger partial charge < -0.3 is 19.6 Å². The topological polar surface area (TPSA) is 65.9 Å². The molecule has 0 bridgehead atoms. The molecule has 6 heteroatoms. The molecule has 1 aliphatic carbocycles. The molecule has 35 heavy (non-hydrogen) atoms. The van der Waals surface area contributed by atoms with Crippen LogP contribution in [0.2, 0.25) is 0 Å². The third kappa shape index (κ3) is 5.70. The standard InChI is InChI=1S/C29H39N3O3/c1-29(13-3-14-29)21-31-16-11-22(12-17-31)20-35-27-10-9-25(18-30-27)23-5-7-24(8-6-23)28(34)32-15-2-4-26(32)19-33/h5-10,18,22,26,33H,2-4,11-17,19-21H2,1H3/t26-/m1/s1. The van der Waals surface area contributed by atoms with E-state index in [1.54, 1.807) is 4.90 Å². The number of ether oxygens (including phenoxy) is 1. The minimum Gasteiger partial charge on any atom is -0.477 e. The maximum Gasteiger partial charge on any atom is 0.254 e. The zero-order valence-corrected chi connectivity index (χ0v) is 21.0. The van der Waals surface area contributed by atoms with Gasteiger partial charge in [-0.1, -0.05) is 25.5 Å². The SMILES string of the molecule is CC1(CN2CCC(COc3ccc(-c4ccc(C(=O)N5CCC[C@@H]5CO)cc4)cn3)CC2)CCC1. The van der Waals surface area contributed by atoms with Crippen LogP contribution in [-0.2, 0) is 0 Å². The average Bonchev–Trinajstić information content (AvgIpc) is 3.36. The highest BCUT2D eigenvalue weighted by molar-refractivity contribution is 5.95. The van der Waals surface area contributed by atoms with Crippen LogP contribution < -0.4 is 4.74 Å². The van der Waals surface area contributed by atoms with E-state index in [9.17, 15) is 9.90 Å². The minimum atomic E-state index is -0.0535. The van der Waals surface area contributed by atoms with Gasteiger partial charge in [0.15, 0.2) is 0 Å². The third-order valence-corrected chi connectivity index (χ3v) is 8.39. The van der Waals surface area contributed by atoms with Gasteiger partial charge in [0.25, 0.3) is 5.91 Å². The van der Waals surface area contributed by atoms with Gasteiger partial charge in [-0.05, 0) is 86.7 Å². The van der Waals surface area contributed by atoms with E-state index in [4.69, 9.17) is 4.74 Å². The van der Waals surface area contributed by atoms with Crippen LogP contribution in [-0.4, -0.2) is 71.2 Å². The quantitative estimate of drug-likeness (QED) is 0.601. The Morgan fingerprint density at radius 2 is 1.77 bits per heavy atom. The Kier molecular flexibility index (Phi) is 7.40. The van der Waals surface area contributed by atoms with Gasteiger partial charge in [-0.2, -0.15) is 0 Å². The van der Waals surface area contributed by atoms with Crippen molar-refractivity contribution in [3.8, 4) is 17.0 Å². The molecule has 3 aliphatic rings. The molecule has 5 rings (SSSR count). The Bertz CT molecular complexity index is 979. The zero-order chi connectivity index (χ0) is 24.3. The number of aliphatic hydroxyl groups excluding tert-OH is 1. The lowest BCUT2D eigenvalue weighted by Crippen LogP contribution is -2.44. The van der Waals surface area contributed by atoms with Crippen molar-refractivity contribution in [3.05, 3.63) is 48.2 Å². The molecule has 1 atom stereocenters. The lowest BCUT2D eigenvalue weighted by molar-refractivity contribution is 0.0561. The van der Waals surface area contributed by atoms with E-state index in [-0.39, 0.29) is 18.6 Å². The molecular weight excluding hydrogens is 438 g/mol. The summed E-state index contributed by atoms with van der Waals surface area (Å²) in [6.07, 6.45) is 10.3. The van der Waals surface area contributed by atoms with E-state index in [2.05, 4.69) is 16.8 Å². The highest BCUT2D eigenvalue weighted by Gasteiger charge is 2.34. The first kappa shape index (κ1) is 24.3. The number of amides is 1. The second-order valence-corrected chi connectivity index (χ2v) is 11.1. The molecule has 2 saturated heterocycles. The van der Waals surface area contributed by atoms with Crippen molar-refractivity contribution in [2.75, 3.05) is 39.4 Å². The summed E-state index contributed by atoms with van der Waals surface area (Å²) in [5.74, 6) is 1.28. The van der Waals surface area contributed by atoms with Gasteiger partial charge in [0, 0.05) is 36.5 Å². The van der Waals surface area contributed by atoms with E-state index in [1.807, 2.05) is 42.6 Å². The Labute approximate surface area is 209 Å². The number of benzene rings is 1. The van der Waals surface area contributed by atoms with Gasteiger partial charge in [-0.3, -0.25) is 4.79 Å². The van der Waals surface area contributed by atoms with Crippen molar-refractivity contribution in [2.45, 2.75) is 57.9 Å². The molecule has 0 unspecified atom stereocenters. The van der Waals surface area contributed by atoms with Crippen molar-refractivity contribution in [3.63, 3.8) is 0 Å². The lowest BCUT2D eigenvalue weighted by Gasteiger charge is -2.44. The summed E-state index contributed by atoms with van der Waals surface area (Å²) in [7, 11) is 0. The minimum absolute atomic E-state index is 0.00181. The van der Waals surface area contributed by atoms with Crippen LogP contribution in [0.4, 0.5) is 0 Å². The summed E-state index contributed by atoms with van der Waals surface area (Å²) >= 11 is 0. The summed E-state index contributed by atoms with van der Waals surface area (Å²) in [5.41, 5.74) is 3.26. The summed E-state index contributed by atoms with van der Waals surface area (Å²) in [6.45, 7) is 7.56. The first-order chi connectivity index (χ1) is 17.0. The second-order valence-electron chi connectivity index (χ2n) is 11.1. The zero-order valence-electron chi connectivity index (χ0n) is 21.0. The monoisotopic (exact) mass is 477 g/mol. The fourth-order valence-electron chi connectivity index (χ4n) is 5.89. The van der Waals surface area contributed by atoms with E-state index in [1.165, 1.54) is 51.7 Å². The number of aliphatic hydroxyl groups is 1. The van der Waals surface area contributed by atoms with Crippen LogP contribution in [0.25, 0.3) is 11.1 Å². The summed E-state index contributed by atoms with van der Waals surface area (Å²) in [6, 6.07) is 11.6. The molecule has 1 saturated carbocycles. The van der Waals surface area contributed by atoms with Gasteiger partial charge in [0.1, 0.15) is 0 Å². The van der Waals surface area contributed by atoms with Gasteiger partial charge in [-0.25, -0.2) is 4.98 Å². The Balaban J connectivity index is 1.09. The fraction of sp³-hybridized carbons (Fsp3) is 0.586. The molecule has 3 heterocycles. The van der Waals surface area contributed by atoms with Crippen LogP contribution in [0.1, 0.15) is 62.2 Å². The number of hydrogen-bond donors (Lipinski definition) is 1. The van der Waals surface area contributed by atoms with Gasteiger partial charge in [0.05, 0.1) is 19.3 Å². The number of likely N-dealkylation sites (tertiary alicyclic amines) is 2. The molecule has 0 spiro atoms. The number of pyridine rings is 1. The molecular formula is C29H39N3O3. The smallest absolute Gasteiger partial charge is 0.254 e. The number of aromatic nitrogens is 1. The number of rotatable bonds is 8. The molecule has 3 fully saturated rings. The van der Waals surface area contributed by atoms with Crippen LogP contribution in [0, 0.1) is 11.3 Å². The number of carbonyl (C=O) groups excluding carboxylic acids is 1. The van der Waals surface area contributed by atoms with Crippen molar-refractivity contribution < 1.29 is 14.6 Å². The van der Waals surface area contributed by atoms with Crippen LogP contribution in [0.15, 0.2) is 42.6 Å². The fourth-order valence-corrected chi connectivity index (χ4v) is 5.89. The van der Waals surface area contributed by atoms with Crippen LogP contribution in [0.5, 0.6) is 5.88 Å².